The van der Waals surface area contributed by atoms with E-state index in [1.165, 1.54) is 12.1 Å². The van der Waals surface area contributed by atoms with Crippen LogP contribution in [-0.4, -0.2) is 20.9 Å². The molecule has 3 rings (SSSR count). The molecule has 2 N–H and O–H groups in total. The molecule has 0 heterocycles. The number of halogens is 7. The van der Waals surface area contributed by atoms with E-state index < -0.39 is 46.0 Å². The molecule has 3 aromatic carbocycles. The van der Waals surface area contributed by atoms with Crippen molar-refractivity contribution in [3.8, 4) is 5.75 Å². The molecular formula is C22H15ClF6N2O4S. The molecule has 14 heteroatoms. The highest BCUT2D eigenvalue weighted by atomic mass is 35.5. The lowest BCUT2D eigenvalue weighted by molar-refractivity contribution is -0.138. The molecule has 0 fully saturated rings. The largest absolute Gasteiger partial charge is 0.484 e. The first-order valence-corrected chi connectivity index (χ1v) is 11.6. The predicted molar refractivity (Wildman–Crippen MR) is 119 cm³/mol. The second-order valence-electron chi connectivity index (χ2n) is 7.18. The Bertz CT molecular complexity index is 1360. The van der Waals surface area contributed by atoms with Crippen molar-refractivity contribution < 1.29 is 44.3 Å². The Hall–Kier alpha value is -3.45. The van der Waals surface area contributed by atoms with E-state index >= 15 is 0 Å². The molecule has 0 unspecified atom stereocenters. The summed E-state index contributed by atoms with van der Waals surface area (Å²) in [4.78, 5) is 11.8. The summed E-state index contributed by atoms with van der Waals surface area (Å²) in [6.45, 7) is -0.638. The van der Waals surface area contributed by atoms with Crippen molar-refractivity contribution in [3.63, 3.8) is 0 Å². The summed E-state index contributed by atoms with van der Waals surface area (Å²) < 4.78 is 109. The maximum Gasteiger partial charge on any atom is 0.416 e. The lowest BCUT2D eigenvalue weighted by Gasteiger charge is -2.13. The fourth-order valence-corrected chi connectivity index (χ4v) is 4.03. The zero-order chi connectivity index (χ0) is 26.7. The fourth-order valence-electron chi connectivity index (χ4n) is 2.82. The summed E-state index contributed by atoms with van der Waals surface area (Å²) in [5.74, 6) is -0.794. The predicted octanol–water partition coefficient (Wildman–Crippen LogP) is 6.20. The van der Waals surface area contributed by atoms with Crippen molar-refractivity contribution >= 4 is 38.9 Å². The lowest BCUT2D eigenvalue weighted by Crippen LogP contribution is -2.21. The summed E-state index contributed by atoms with van der Waals surface area (Å²) >= 11 is 5.82. The van der Waals surface area contributed by atoms with E-state index in [9.17, 15) is 39.6 Å². The van der Waals surface area contributed by atoms with Gasteiger partial charge in [-0.25, -0.2) is 8.42 Å². The van der Waals surface area contributed by atoms with E-state index in [-0.39, 0.29) is 27.0 Å². The van der Waals surface area contributed by atoms with Crippen LogP contribution in [0.3, 0.4) is 0 Å². The molecule has 3 aromatic rings. The molecule has 0 spiro atoms. The molecule has 0 aromatic heterocycles. The summed E-state index contributed by atoms with van der Waals surface area (Å²) in [6, 6.07) is 10.6. The van der Waals surface area contributed by atoms with Crippen molar-refractivity contribution in [2.24, 2.45) is 0 Å². The van der Waals surface area contributed by atoms with Crippen LogP contribution in [0.5, 0.6) is 5.75 Å². The number of carbonyl (C=O) groups excluding carboxylic acids is 1. The maximum atomic E-state index is 12.8. The van der Waals surface area contributed by atoms with E-state index in [1.807, 2.05) is 4.72 Å². The molecule has 36 heavy (non-hydrogen) atoms. The monoisotopic (exact) mass is 552 g/mol. The van der Waals surface area contributed by atoms with E-state index in [0.29, 0.717) is 12.1 Å². The quantitative estimate of drug-likeness (QED) is 0.342. The van der Waals surface area contributed by atoms with Gasteiger partial charge in [0.05, 0.1) is 26.7 Å². The third kappa shape index (κ3) is 7.04. The molecule has 192 valence electrons. The Morgan fingerprint density at radius 2 is 1.47 bits per heavy atom. The van der Waals surface area contributed by atoms with Crippen LogP contribution in [0.4, 0.5) is 37.7 Å². The van der Waals surface area contributed by atoms with Crippen molar-refractivity contribution in [2.75, 3.05) is 16.6 Å². The second kappa shape index (κ2) is 10.3. The highest BCUT2D eigenvalue weighted by Gasteiger charge is 2.32. The van der Waals surface area contributed by atoms with Gasteiger partial charge < -0.3 is 10.1 Å². The van der Waals surface area contributed by atoms with Gasteiger partial charge in [-0.1, -0.05) is 17.7 Å². The topological polar surface area (TPSA) is 84.5 Å². The van der Waals surface area contributed by atoms with Crippen molar-refractivity contribution in [2.45, 2.75) is 17.2 Å². The number of nitrogens with one attached hydrogen (secondary N) is 2. The van der Waals surface area contributed by atoms with Crippen LogP contribution in [0.15, 0.2) is 71.6 Å². The van der Waals surface area contributed by atoms with Crippen LogP contribution in [0.2, 0.25) is 5.02 Å². The van der Waals surface area contributed by atoms with Gasteiger partial charge >= 0.3 is 12.4 Å². The Kier molecular flexibility index (Phi) is 7.74. The maximum absolute atomic E-state index is 12.8. The molecule has 6 nitrogen and oxygen atoms in total. The minimum absolute atomic E-state index is 0.0401. The van der Waals surface area contributed by atoms with Crippen LogP contribution < -0.4 is 14.8 Å². The number of anilines is 2. The van der Waals surface area contributed by atoms with Crippen molar-refractivity contribution in [3.05, 3.63) is 82.9 Å². The normalized spacial score (nSPS) is 12.2. The third-order valence-electron chi connectivity index (χ3n) is 4.51. The number of rotatable bonds is 7. The first kappa shape index (κ1) is 27.1. The number of sulfonamides is 1. The zero-order valence-electron chi connectivity index (χ0n) is 17.7. The van der Waals surface area contributed by atoms with Crippen LogP contribution in [0, 0.1) is 0 Å². The summed E-state index contributed by atoms with van der Waals surface area (Å²) in [5, 5.41) is 2.06. The number of alkyl halides is 6. The van der Waals surface area contributed by atoms with Crippen LogP contribution in [0.25, 0.3) is 0 Å². The molecule has 0 aliphatic rings. The van der Waals surface area contributed by atoms with Gasteiger partial charge in [-0.2, -0.15) is 26.3 Å². The van der Waals surface area contributed by atoms with Crippen molar-refractivity contribution in [1.29, 1.82) is 0 Å². The number of amides is 1. The highest BCUT2D eigenvalue weighted by Crippen LogP contribution is 2.34. The Labute approximate surface area is 205 Å². The molecule has 0 radical (unpaired) electrons. The second-order valence-corrected chi connectivity index (χ2v) is 9.27. The number of carbonyl (C=O) groups is 1. The number of hydrogen-bond acceptors (Lipinski definition) is 4. The molecular weight excluding hydrogens is 538 g/mol. The van der Waals surface area contributed by atoms with Crippen molar-refractivity contribution in [1.82, 2.24) is 0 Å². The Balaban J connectivity index is 1.63. The number of ether oxygens (including phenoxy) is 1. The molecule has 0 aliphatic heterocycles. The average molecular weight is 553 g/mol. The van der Waals surface area contributed by atoms with Gasteiger partial charge in [-0.3, -0.25) is 9.52 Å². The Morgan fingerprint density at radius 3 is 2.08 bits per heavy atom. The SMILES string of the molecule is O=C(COc1ccc(S(=O)(=O)Nc2cccc(C(F)(F)F)c2)cc1)Nc1cc(C(F)(F)F)ccc1Cl. The first-order valence-electron chi connectivity index (χ1n) is 9.75. The van der Waals surface area contributed by atoms with E-state index in [0.717, 1.165) is 42.5 Å². The van der Waals surface area contributed by atoms with Gasteiger partial charge in [0.25, 0.3) is 15.9 Å². The van der Waals surface area contributed by atoms with E-state index in [1.54, 1.807) is 0 Å². The highest BCUT2D eigenvalue weighted by molar-refractivity contribution is 7.92. The number of hydrogen-bond donors (Lipinski definition) is 2. The fraction of sp³-hybridized carbons (Fsp3) is 0.136. The molecule has 0 saturated heterocycles. The van der Waals surface area contributed by atoms with Crippen LogP contribution in [-0.2, 0) is 27.2 Å². The summed E-state index contributed by atoms with van der Waals surface area (Å²) in [6.07, 6.45) is -9.29. The molecule has 0 aliphatic carbocycles. The van der Waals surface area contributed by atoms with E-state index in [4.69, 9.17) is 16.3 Å². The summed E-state index contributed by atoms with van der Waals surface area (Å²) in [5.41, 5.74) is -2.62. The van der Waals surface area contributed by atoms with Crippen LogP contribution >= 0.6 is 11.6 Å². The van der Waals surface area contributed by atoms with Gasteiger partial charge in [0.1, 0.15) is 5.75 Å². The number of benzene rings is 3. The van der Waals surface area contributed by atoms with Gasteiger partial charge in [0, 0.05) is 5.69 Å². The minimum Gasteiger partial charge on any atom is -0.484 e. The van der Waals surface area contributed by atoms with Gasteiger partial charge in [0.2, 0.25) is 0 Å². The van der Waals surface area contributed by atoms with Crippen LogP contribution in [0.1, 0.15) is 11.1 Å². The smallest absolute Gasteiger partial charge is 0.416 e. The first-order chi connectivity index (χ1) is 16.6. The molecule has 1 amide bonds. The Morgan fingerprint density at radius 1 is 0.861 bits per heavy atom. The molecule has 0 atom stereocenters. The summed E-state index contributed by atoms with van der Waals surface area (Å²) in [7, 11) is -4.24. The van der Waals surface area contributed by atoms with E-state index in [2.05, 4.69) is 5.32 Å². The third-order valence-corrected chi connectivity index (χ3v) is 6.24. The van der Waals surface area contributed by atoms with Gasteiger partial charge in [0.15, 0.2) is 6.61 Å². The standard InChI is InChI=1S/C22H15ClF6N2O4S/c23-18-9-4-14(22(27,28)29)11-19(18)30-20(32)12-35-16-5-7-17(8-6-16)36(33,34)31-15-3-1-2-13(10-15)21(24,25)26/h1-11,31H,12H2,(H,30,32). The molecule has 0 bridgehead atoms. The molecule has 0 saturated carbocycles. The van der Waals surface area contributed by atoms with Gasteiger partial charge in [-0.05, 0) is 60.7 Å². The zero-order valence-corrected chi connectivity index (χ0v) is 19.3. The lowest BCUT2D eigenvalue weighted by atomic mass is 10.2. The average Bonchev–Trinajstić information content (AvgIpc) is 2.78. The minimum atomic E-state index is -4.65. The van der Waals surface area contributed by atoms with Gasteiger partial charge in [-0.15, -0.1) is 0 Å².